The number of carbonyl (C=O) groups excluding carboxylic acids is 1. The Morgan fingerprint density at radius 3 is 2.75 bits per heavy atom. The number of H-pyrrole nitrogens is 1. The highest BCUT2D eigenvalue weighted by Gasteiger charge is 2.49. The minimum Gasteiger partial charge on any atom is -0.497 e. The monoisotopic (exact) mass is 508 g/mol. The molecule has 2 N–H and O–H groups in total. The molecule has 1 aliphatic carbocycles. The molecule has 36 heavy (non-hydrogen) atoms. The van der Waals surface area contributed by atoms with Gasteiger partial charge in [0.05, 0.1) is 26.3 Å². The Balaban J connectivity index is 1.38. The van der Waals surface area contributed by atoms with Crippen molar-refractivity contribution < 1.29 is 14.6 Å². The van der Waals surface area contributed by atoms with Crippen molar-refractivity contribution in [2.75, 3.05) is 33.4 Å². The summed E-state index contributed by atoms with van der Waals surface area (Å²) < 4.78 is 5.50. The summed E-state index contributed by atoms with van der Waals surface area (Å²) in [6.45, 7) is 3.44. The molecule has 1 amide bonds. The summed E-state index contributed by atoms with van der Waals surface area (Å²) in [5, 5.41) is 15.0. The Kier molecular flexibility index (Phi) is 6.52. The number of ether oxygens (including phenoxy) is 1. The molecule has 0 bridgehead atoms. The van der Waals surface area contributed by atoms with Crippen molar-refractivity contribution in [3.05, 3.63) is 46.0 Å². The van der Waals surface area contributed by atoms with E-state index in [0.717, 1.165) is 80.1 Å². The van der Waals surface area contributed by atoms with Crippen LogP contribution >= 0.6 is 11.3 Å². The first-order chi connectivity index (χ1) is 17.6. The van der Waals surface area contributed by atoms with E-state index in [1.807, 2.05) is 28.6 Å². The Morgan fingerprint density at radius 1 is 1.25 bits per heavy atom. The maximum absolute atomic E-state index is 13.9. The number of nitrogens with one attached hydrogen (secondary N) is 1. The number of aromatic amines is 1. The SMILES string of the molecule is COc1ccc2c3c([nH]c2c1)[C@H](CO)N(C(=O)C1CCCCC1)CC31CCN(Cc2nccs2)CC1. The number of benzene rings is 1. The van der Waals surface area contributed by atoms with E-state index in [4.69, 9.17) is 4.74 Å². The number of likely N-dealkylation sites (tertiary alicyclic amines) is 1. The molecule has 2 fully saturated rings. The molecule has 4 heterocycles. The van der Waals surface area contributed by atoms with Crippen LogP contribution in [0.3, 0.4) is 0 Å². The second kappa shape index (κ2) is 9.80. The van der Waals surface area contributed by atoms with Gasteiger partial charge >= 0.3 is 0 Å². The van der Waals surface area contributed by atoms with Crippen molar-refractivity contribution in [1.82, 2.24) is 19.8 Å². The zero-order chi connectivity index (χ0) is 24.7. The first-order valence-corrected chi connectivity index (χ1v) is 14.2. The van der Waals surface area contributed by atoms with Crippen LogP contribution < -0.4 is 4.74 Å². The van der Waals surface area contributed by atoms with Crippen LogP contribution in [0, 0.1) is 5.92 Å². The van der Waals surface area contributed by atoms with Crippen molar-refractivity contribution in [1.29, 1.82) is 0 Å². The van der Waals surface area contributed by atoms with Crippen LogP contribution in [0.5, 0.6) is 5.75 Å². The Labute approximate surface area is 216 Å². The van der Waals surface area contributed by atoms with Crippen LogP contribution in [0.25, 0.3) is 10.9 Å². The number of hydrogen-bond acceptors (Lipinski definition) is 6. The third-order valence-corrected chi connectivity index (χ3v) is 9.58. The van der Waals surface area contributed by atoms with Gasteiger partial charge in [0.15, 0.2) is 0 Å². The third-order valence-electron chi connectivity index (χ3n) is 8.81. The minimum absolute atomic E-state index is 0.0678. The number of amides is 1. The second-order valence-corrected chi connectivity index (χ2v) is 11.8. The van der Waals surface area contributed by atoms with Crippen LogP contribution in [0.15, 0.2) is 29.8 Å². The fourth-order valence-electron chi connectivity index (χ4n) is 6.89. The fourth-order valence-corrected chi connectivity index (χ4v) is 7.55. The summed E-state index contributed by atoms with van der Waals surface area (Å²) in [6.07, 6.45) is 9.26. The lowest BCUT2D eigenvalue weighted by Crippen LogP contribution is -2.56. The van der Waals surface area contributed by atoms with Gasteiger partial charge in [-0.2, -0.15) is 0 Å². The van der Waals surface area contributed by atoms with Crippen LogP contribution in [-0.2, 0) is 16.8 Å². The van der Waals surface area contributed by atoms with E-state index < -0.39 is 0 Å². The minimum atomic E-state index is -0.327. The molecule has 1 saturated carbocycles. The van der Waals surface area contributed by atoms with Crippen LogP contribution in [0.1, 0.15) is 67.3 Å². The average Bonchev–Trinajstić information content (AvgIpc) is 3.58. The Morgan fingerprint density at radius 2 is 2.06 bits per heavy atom. The molecule has 6 rings (SSSR count). The molecule has 2 aromatic heterocycles. The van der Waals surface area contributed by atoms with Crippen molar-refractivity contribution in [2.24, 2.45) is 5.92 Å². The summed E-state index contributed by atoms with van der Waals surface area (Å²) in [5.74, 6) is 1.13. The summed E-state index contributed by atoms with van der Waals surface area (Å²) in [6, 6.07) is 5.89. The lowest BCUT2D eigenvalue weighted by molar-refractivity contribution is -0.143. The highest BCUT2D eigenvalue weighted by Crippen LogP contribution is 2.50. The van der Waals surface area contributed by atoms with Gasteiger partial charge in [0.25, 0.3) is 0 Å². The normalized spacial score (nSPS) is 22.7. The van der Waals surface area contributed by atoms with Crippen LogP contribution in [-0.4, -0.2) is 64.1 Å². The number of carbonyl (C=O) groups is 1. The second-order valence-electron chi connectivity index (χ2n) is 10.8. The molecule has 192 valence electrons. The standard InChI is InChI=1S/C28H36N4O3S/c1-35-20-7-8-21-22(15-20)30-26-23(17-33)32(27(34)19-5-3-2-4-6-19)18-28(25(21)26)9-12-31(13-10-28)16-24-29-11-14-36-24/h7-8,11,14-15,19,23,30,33H,2-6,9-10,12-13,16-18H2,1H3/t23-/m0/s1. The molecule has 1 atom stereocenters. The van der Waals surface area contributed by atoms with Crippen LogP contribution in [0.2, 0.25) is 0 Å². The topological polar surface area (TPSA) is 81.7 Å². The number of nitrogens with zero attached hydrogens (tertiary/aromatic N) is 3. The molecule has 3 aromatic rings. The third kappa shape index (κ3) is 4.13. The summed E-state index contributed by atoms with van der Waals surface area (Å²) >= 11 is 1.71. The van der Waals surface area contributed by atoms with Crippen LogP contribution in [0.4, 0.5) is 0 Å². The smallest absolute Gasteiger partial charge is 0.226 e. The van der Waals surface area contributed by atoms with Crippen molar-refractivity contribution in [2.45, 2.75) is 62.9 Å². The number of aliphatic hydroxyl groups excluding tert-OH is 1. The highest BCUT2D eigenvalue weighted by atomic mass is 32.1. The maximum Gasteiger partial charge on any atom is 0.226 e. The molecular weight excluding hydrogens is 472 g/mol. The quantitative estimate of drug-likeness (QED) is 0.526. The molecular formula is C28H36N4O3S. The molecule has 1 spiro atoms. The molecule has 0 unspecified atom stereocenters. The molecule has 1 saturated heterocycles. The molecule has 3 aliphatic rings. The largest absolute Gasteiger partial charge is 0.497 e. The van der Waals surface area contributed by atoms with E-state index in [9.17, 15) is 9.90 Å². The fraction of sp³-hybridized carbons (Fsp3) is 0.571. The molecule has 2 aliphatic heterocycles. The lowest BCUT2D eigenvalue weighted by Gasteiger charge is -2.51. The number of aromatic nitrogens is 2. The summed E-state index contributed by atoms with van der Waals surface area (Å²) in [4.78, 5) is 26.6. The first kappa shape index (κ1) is 23.9. The van der Waals surface area contributed by atoms with Gasteiger partial charge in [0.2, 0.25) is 5.91 Å². The van der Waals surface area contributed by atoms with Crippen molar-refractivity contribution in [3.63, 3.8) is 0 Å². The van der Waals surface area contributed by atoms with Gasteiger partial charge in [0.1, 0.15) is 10.8 Å². The maximum atomic E-state index is 13.9. The zero-order valence-corrected chi connectivity index (χ0v) is 21.9. The number of methoxy groups -OCH3 is 1. The van der Waals surface area contributed by atoms with E-state index in [1.165, 1.54) is 17.4 Å². The van der Waals surface area contributed by atoms with Gasteiger partial charge in [-0.25, -0.2) is 4.98 Å². The van der Waals surface area contributed by atoms with E-state index in [-0.39, 0.29) is 29.9 Å². The van der Waals surface area contributed by atoms with Gasteiger partial charge in [0, 0.05) is 52.1 Å². The predicted molar refractivity (Wildman–Crippen MR) is 141 cm³/mol. The predicted octanol–water partition coefficient (Wildman–Crippen LogP) is 4.62. The van der Waals surface area contributed by atoms with Crippen molar-refractivity contribution >= 4 is 28.1 Å². The Bertz CT molecular complexity index is 1210. The molecule has 7 nitrogen and oxygen atoms in total. The van der Waals surface area contributed by atoms with Gasteiger partial charge in [-0.05, 0) is 56.5 Å². The first-order valence-electron chi connectivity index (χ1n) is 13.3. The number of fused-ring (bicyclic) bond motifs is 4. The molecule has 8 heteroatoms. The van der Waals surface area contributed by atoms with E-state index >= 15 is 0 Å². The van der Waals surface area contributed by atoms with Gasteiger partial charge in [-0.1, -0.05) is 19.3 Å². The van der Waals surface area contributed by atoms with Gasteiger partial charge in [-0.15, -0.1) is 11.3 Å². The number of piperidine rings is 1. The van der Waals surface area contributed by atoms with E-state index in [1.54, 1.807) is 18.4 Å². The number of thiazole rings is 1. The van der Waals surface area contributed by atoms with Gasteiger partial charge in [-0.3, -0.25) is 9.69 Å². The van der Waals surface area contributed by atoms with E-state index in [2.05, 4.69) is 20.9 Å². The molecule has 0 radical (unpaired) electrons. The summed E-state index contributed by atoms with van der Waals surface area (Å²) in [7, 11) is 1.69. The van der Waals surface area contributed by atoms with Gasteiger partial charge < -0.3 is 19.7 Å². The number of aliphatic hydroxyl groups is 1. The van der Waals surface area contributed by atoms with E-state index in [0.29, 0.717) is 6.54 Å². The highest BCUT2D eigenvalue weighted by molar-refractivity contribution is 7.09. The summed E-state index contributed by atoms with van der Waals surface area (Å²) in [5.41, 5.74) is 3.22. The number of rotatable bonds is 5. The number of hydrogen-bond donors (Lipinski definition) is 2. The average molecular weight is 509 g/mol. The van der Waals surface area contributed by atoms with Crippen molar-refractivity contribution in [3.8, 4) is 5.75 Å². The zero-order valence-electron chi connectivity index (χ0n) is 21.0. The Hall–Kier alpha value is -2.42. The lowest BCUT2D eigenvalue weighted by atomic mass is 9.68. The molecule has 1 aromatic carbocycles.